The highest BCUT2D eigenvalue weighted by Gasteiger charge is 2.33. The van der Waals surface area contributed by atoms with Crippen molar-refractivity contribution in [3.8, 4) is 16.9 Å². The molecular formula is C36H47N5O6. The van der Waals surface area contributed by atoms with Gasteiger partial charge in [-0.15, -0.1) is 0 Å². The summed E-state index contributed by atoms with van der Waals surface area (Å²) in [6.45, 7) is 5.91. The molecule has 6 N–H and O–H groups in total. The third-order valence-corrected chi connectivity index (χ3v) is 8.47. The number of nitrogens with one attached hydrogen (secondary N) is 4. The third kappa shape index (κ3) is 11.4. The van der Waals surface area contributed by atoms with E-state index in [-0.39, 0.29) is 17.3 Å². The van der Waals surface area contributed by atoms with Crippen LogP contribution in [-0.4, -0.2) is 78.4 Å². The van der Waals surface area contributed by atoms with Gasteiger partial charge in [-0.2, -0.15) is 0 Å². The lowest BCUT2D eigenvalue weighted by Crippen LogP contribution is -2.47. The van der Waals surface area contributed by atoms with E-state index < -0.39 is 17.8 Å². The van der Waals surface area contributed by atoms with Gasteiger partial charge in [0.25, 0.3) is 0 Å². The van der Waals surface area contributed by atoms with E-state index in [9.17, 15) is 24.6 Å². The van der Waals surface area contributed by atoms with E-state index in [1.165, 1.54) is 6.07 Å². The molecule has 0 radical (unpaired) electrons. The molecule has 0 unspecified atom stereocenters. The Bertz CT molecular complexity index is 1440. The summed E-state index contributed by atoms with van der Waals surface area (Å²) in [5.41, 5.74) is 2.96. The number of nitrogens with zero attached hydrogens (tertiary/aromatic N) is 1. The molecule has 1 atom stereocenters. The van der Waals surface area contributed by atoms with E-state index in [4.69, 9.17) is 4.74 Å². The van der Waals surface area contributed by atoms with Crippen molar-refractivity contribution in [2.45, 2.75) is 57.2 Å². The van der Waals surface area contributed by atoms with Crippen LogP contribution in [0.4, 0.5) is 16.2 Å². The fourth-order valence-corrected chi connectivity index (χ4v) is 5.62. The number of anilines is 2. The van der Waals surface area contributed by atoms with Crippen LogP contribution < -0.4 is 21.3 Å². The van der Waals surface area contributed by atoms with E-state index in [0.717, 1.165) is 50.0 Å². The second-order valence-electron chi connectivity index (χ2n) is 12.1. The Morgan fingerprint density at radius 1 is 0.957 bits per heavy atom. The molecule has 252 valence electrons. The van der Waals surface area contributed by atoms with Gasteiger partial charge in [0, 0.05) is 44.7 Å². The first-order valence-electron chi connectivity index (χ1n) is 16.3. The summed E-state index contributed by atoms with van der Waals surface area (Å²) < 4.78 is 5.91. The fraction of sp³-hybridized carbons (Fsp3) is 0.417. The van der Waals surface area contributed by atoms with Gasteiger partial charge in [-0.25, -0.2) is 4.79 Å². The number of carbonyl (C=O) groups excluding carboxylic acids is 3. The van der Waals surface area contributed by atoms with Crippen molar-refractivity contribution in [1.29, 1.82) is 0 Å². The number of carbonyl (C=O) groups is 3. The SMILES string of the molecule is CC1(OC(=O)Nc2ccccc2-c2ccccc2)CCN(CCNC(=O)CCCCCNC[C@@H](O)c2ccc(O)c(NC=O)c2)CC1. The van der Waals surface area contributed by atoms with E-state index in [2.05, 4.69) is 26.2 Å². The zero-order valence-corrected chi connectivity index (χ0v) is 27.0. The Hall–Kier alpha value is -4.45. The Labute approximate surface area is 276 Å². The maximum Gasteiger partial charge on any atom is 0.412 e. The summed E-state index contributed by atoms with van der Waals surface area (Å²) >= 11 is 0. The van der Waals surface area contributed by atoms with Crippen molar-refractivity contribution in [3.05, 3.63) is 78.4 Å². The van der Waals surface area contributed by atoms with Crippen molar-refractivity contribution in [2.75, 3.05) is 49.9 Å². The molecule has 11 nitrogen and oxygen atoms in total. The number of para-hydroxylation sites is 1. The molecule has 1 saturated heterocycles. The van der Waals surface area contributed by atoms with Gasteiger partial charge in [0.05, 0.1) is 17.5 Å². The minimum atomic E-state index is -0.775. The molecule has 1 aliphatic heterocycles. The minimum Gasteiger partial charge on any atom is -0.506 e. The standard InChI is InChI=1S/C36H47N5O6/c1-36(47-35(46)40-30-13-8-7-12-29(30)27-10-4-2-5-11-27)17-21-41(22-18-36)23-20-38-34(45)14-6-3-9-19-37-25-33(44)28-15-16-32(43)31(24-28)39-26-42/h2,4-5,7-8,10-13,15-16,24,26,33,37,43-44H,3,6,9,14,17-23,25H2,1H3,(H,38,45)(H,39,42)(H,40,46)/t33-/m1/s1. The van der Waals surface area contributed by atoms with Gasteiger partial charge in [-0.1, -0.05) is 61.0 Å². The van der Waals surface area contributed by atoms with Crippen LogP contribution >= 0.6 is 0 Å². The molecule has 11 heteroatoms. The van der Waals surface area contributed by atoms with Crippen molar-refractivity contribution in [2.24, 2.45) is 0 Å². The monoisotopic (exact) mass is 645 g/mol. The predicted molar refractivity (Wildman–Crippen MR) is 183 cm³/mol. The highest BCUT2D eigenvalue weighted by Crippen LogP contribution is 2.30. The van der Waals surface area contributed by atoms with E-state index in [0.29, 0.717) is 56.6 Å². The number of aromatic hydroxyl groups is 1. The zero-order valence-electron chi connectivity index (χ0n) is 27.0. The van der Waals surface area contributed by atoms with Crippen LogP contribution in [0.5, 0.6) is 5.75 Å². The van der Waals surface area contributed by atoms with E-state index in [1.54, 1.807) is 12.1 Å². The lowest BCUT2D eigenvalue weighted by atomic mass is 9.93. The van der Waals surface area contributed by atoms with Crippen molar-refractivity contribution in [3.63, 3.8) is 0 Å². The number of hydrogen-bond donors (Lipinski definition) is 6. The highest BCUT2D eigenvalue weighted by atomic mass is 16.6. The molecule has 4 rings (SSSR count). The first kappa shape index (κ1) is 35.4. The van der Waals surface area contributed by atoms with E-state index >= 15 is 0 Å². The summed E-state index contributed by atoms with van der Waals surface area (Å²) in [5.74, 6) is -0.0204. The third-order valence-electron chi connectivity index (χ3n) is 8.47. The average molecular weight is 646 g/mol. The number of unbranched alkanes of at least 4 members (excludes halogenated alkanes) is 2. The number of phenolic OH excluding ortho intramolecular Hbond substituents is 1. The number of rotatable bonds is 17. The number of amides is 3. The Morgan fingerprint density at radius 2 is 1.70 bits per heavy atom. The number of aliphatic hydroxyl groups excluding tert-OH is 1. The number of benzene rings is 3. The van der Waals surface area contributed by atoms with Gasteiger partial charge in [0.15, 0.2) is 0 Å². The van der Waals surface area contributed by atoms with Gasteiger partial charge in [-0.3, -0.25) is 14.9 Å². The number of likely N-dealkylation sites (tertiary alicyclic amines) is 1. The highest BCUT2D eigenvalue weighted by molar-refractivity contribution is 5.91. The maximum atomic E-state index is 12.9. The number of piperidine rings is 1. The maximum absolute atomic E-state index is 12.9. The topological polar surface area (TPSA) is 152 Å². The van der Waals surface area contributed by atoms with Crippen molar-refractivity contribution < 1.29 is 29.3 Å². The quantitative estimate of drug-likeness (QED) is 0.0680. The minimum absolute atomic E-state index is 0.0399. The molecule has 1 fully saturated rings. The molecular weight excluding hydrogens is 598 g/mol. The Balaban J connectivity index is 1.04. The van der Waals surface area contributed by atoms with Crippen LogP contribution in [0.15, 0.2) is 72.8 Å². The smallest absolute Gasteiger partial charge is 0.412 e. The Morgan fingerprint density at radius 3 is 2.47 bits per heavy atom. The molecule has 0 bridgehead atoms. The lowest BCUT2D eigenvalue weighted by Gasteiger charge is -2.38. The predicted octanol–water partition coefficient (Wildman–Crippen LogP) is 5.03. The first-order chi connectivity index (χ1) is 22.8. The normalized spacial score (nSPS) is 14.9. The van der Waals surface area contributed by atoms with Crippen LogP contribution in [0.3, 0.4) is 0 Å². The summed E-state index contributed by atoms with van der Waals surface area (Å²) in [7, 11) is 0. The summed E-state index contributed by atoms with van der Waals surface area (Å²) in [5, 5.41) is 31.7. The molecule has 47 heavy (non-hydrogen) atoms. The number of aliphatic hydroxyl groups is 1. The summed E-state index contributed by atoms with van der Waals surface area (Å²) in [4.78, 5) is 38.1. The van der Waals surface area contributed by atoms with E-state index in [1.807, 2.05) is 61.5 Å². The van der Waals surface area contributed by atoms with Crippen LogP contribution in [0.2, 0.25) is 0 Å². The molecule has 0 aromatic heterocycles. The molecule has 3 aromatic rings. The van der Waals surface area contributed by atoms with Crippen LogP contribution in [0.1, 0.15) is 57.1 Å². The van der Waals surface area contributed by atoms with Gasteiger partial charge in [0.2, 0.25) is 12.3 Å². The first-order valence-corrected chi connectivity index (χ1v) is 16.3. The van der Waals surface area contributed by atoms with Crippen molar-refractivity contribution >= 4 is 29.8 Å². The molecule has 3 amide bonds. The summed E-state index contributed by atoms with van der Waals surface area (Å²) in [6, 6.07) is 22.2. The van der Waals surface area contributed by atoms with Gasteiger partial charge in [-0.05, 0) is 68.5 Å². The van der Waals surface area contributed by atoms with Crippen LogP contribution in [0, 0.1) is 0 Å². The molecule has 1 aliphatic rings. The Kier molecular flexibility index (Phi) is 13.6. The molecule has 0 aliphatic carbocycles. The van der Waals surface area contributed by atoms with Gasteiger partial charge < -0.3 is 35.8 Å². The van der Waals surface area contributed by atoms with Gasteiger partial charge >= 0.3 is 6.09 Å². The second-order valence-corrected chi connectivity index (χ2v) is 12.1. The zero-order chi connectivity index (χ0) is 33.5. The van der Waals surface area contributed by atoms with Gasteiger partial charge in [0.1, 0.15) is 11.4 Å². The number of ether oxygens (including phenoxy) is 1. The number of hydrogen-bond acceptors (Lipinski definition) is 8. The largest absolute Gasteiger partial charge is 0.506 e. The summed E-state index contributed by atoms with van der Waals surface area (Å²) in [6.07, 6.45) is 3.69. The fourth-order valence-electron chi connectivity index (χ4n) is 5.62. The molecule has 1 heterocycles. The molecule has 0 saturated carbocycles. The molecule has 0 spiro atoms. The average Bonchev–Trinajstić information content (AvgIpc) is 3.07. The van der Waals surface area contributed by atoms with Crippen LogP contribution in [0.25, 0.3) is 11.1 Å². The van der Waals surface area contributed by atoms with Crippen molar-refractivity contribution in [1.82, 2.24) is 15.5 Å². The lowest BCUT2D eigenvalue weighted by molar-refractivity contribution is -0.121. The molecule has 3 aromatic carbocycles. The van der Waals surface area contributed by atoms with Crippen LogP contribution in [-0.2, 0) is 14.3 Å². The second kappa shape index (κ2) is 18.0. The number of phenols is 1.